The van der Waals surface area contributed by atoms with Gasteiger partial charge in [0.1, 0.15) is 0 Å². The second-order valence-electron chi connectivity index (χ2n) is 5.65. The Kier molecular flexibility index (Phi) is 4.43. The first kappa shape index (κ1) is 12.9. The molecule has 17 heavy (non-hydrogen) atoms. The Bertz CT molecular complexity index is 263. The van der Waals surface area contributed by atoms with Crippen molar-refractivity contribution in [2.45, 2.75) is 52.0 Å². The highest BCUT2D eigenvalue weighted by Crippen LogP contribution is 2.24. The molecule has 2 heterocycles. The van der Waals surface area contributed by atoms with Crippen LogP contribution >= 0.6 is 0 Å². The van der Waals surface area contributed by atoms with Gasteiger partial charge in [-0.15, -0.1) is 0 Å². The molecule has 98 valence electrons. The maximum Gasteiger partial charge on any atom is 0.226 e. The molecular weight excluding hydrogens is 212 g/mol. The third-order valence-electron chi connectivity index (χ3n) is 4.54. The molecule has 1 N–H and O–H groups in total. The first-order valence-corrected chi connectivity index (χ1v) is 7.25. The summed E-state index contributed by atoms with van der Waals surface area (Å²) in [4.78, 5) is 14.7. The lowest BCUT2D eigenvalue weighted by atomic mass is 9.87. The molecule has 0 aromatic heterocycles. The number of amides is 1. The van der Waals surface area contributed by atoms with E-state index in [2.05, 4.69) is 24.1 Å². The van der Waals surface area contributed by atoms with Crippen LogP contribution in [0.2, 0.25) is 0 Å². The van der Waals surface area contributed by atoms with Crippen molar-refractivity contribution < 1.29 is 4.79 Å². The van der Waals surface area contributed by atoms with Gasteiger partial charge in [-0.2, -0.15) is 0 Å². The molecular formula is C14H26N2O. The van der Waals surface area contributed by atoms with E-state index in [1.54, 1.807) is 0 Å². The third-order valence-corrected chi connectivity index (χ3v) is 4.54. The van der Waals surface area contributed by atoms with E-state index in [-0.39, 0.29) is 5.92 Å². The zero-order chi connectivity index (χ0) is 12.3. The zero-order valence-electron chi connectivity index (χ0n) is 11.2. The first-order valence-electron chi connectivity index (χ1n) is 7.25. The Morgan fingerprint density at radius 1 is 1.35 bits per heavy atom. The predicted molar refractivity (Wildman–Crippen MR) is 69.8 cm³/mol. The van der Waals surface area contributed by atoms with Crippen LogP contribution in [0.5, 0.6) is 0 Å². The number of carbonyl (C=O) groups excluding carboxylic acids is 1. The fraction of sp³-hybridized carbons (Fsp3) is 0.929. The van der Waals surface area contributed by atoms with Crippen molar-refractivity contribution in [1.82, 2.24) is 10.2 Å². The average Bonchev–Trinajstić information content (AvgIpc) is 2.50. The largest absolute Gasteiger partial charge is 0.339 e. The van der Waals surface area contributed by atoms with E-state index in [1.165, 1.54) is 25.7 Å². The van der Waals surface area contributed by atoms with E-state index in [1.807, 2.05) is 0 Å². The Morgan fingerprint density at radius 2 is 2.12 bits per heavy atom. The van der Waals surface area contributed by atoms with Gasteiger partial charge in [0.2, 0.25) is 5.91 Å². The van der Waals surface area contributed by atoms with E-state index in [0.717, 1.165) is 26.1 Å². The first-order chi connectivity index (χ1) is 8.24. The van der Waals surface area contributed by atoms with Crippen molar-refractivity contribution in [1.29, 1.82) is 0 Å². The molecule has 0 aromatic carbocycles. The van der Waals surface area contributed by atoms with Crippen molar-refractivity contribution in [2.24, 2.45) is 11.8 Å². The molecule has 0 aliphatic carbocycles. The van der Waals surface area contributed by atoms with Gasteiger partial charge in [0.15, 0.2) is 0 Å². The van der Waals surface area contributed by atoms with Crippen LogP contribution in [0.1, 0.15) is 46.0 Å². The van der Waals surface area contributed by atoms with Gasteiger partial charge in [-0.25, -0.2) is 0 Å². The van der Waals surface area contributed by atoms with E-state index >= 15 is 0 Å². The van der Waals surface area contributed by atoms with Gasteiger partial charge >= 0.3 is 0 Å². The van der Waals surface area contributed by atoms with Crippen LogP contribution in [0.15, 0.2) is 0 Å². The van der Waals surface area contributed by atoms with Crippen LogP contribution < -0.4 is 5.32 Å². The molecule has 2 rings (SSSR count). The van der Waals surface area contributed by atoms with Crippen LogP contribution in [0.4, 0.5) is 0 Å². The van der Waals surface area contributed by atoms with E-state index in [4.69, 9.17) is 0 Å². The fourth-order valence-electron chi connectivity index (χ4n) is 3.02. The maximum absolute atomic E-state index is 12.6. The smallest absolute Gasteiger partial charge is 0.226 e. The van der Waals surface area contributed by atoms with Gasteiger partial charge in [0.05, 0.1) is 0 Å². The number of carbonyl (C=O) groups is 1. The summed E-state index contributed by atoms with van der Waals surface area (Å²) >= 11 is 0. The minimum atomic E-state index is 0.211. The average molecular weight is 238 g/mol. The summed E-state index contributed by atoms with van der Waals surface area (Å²) in [5, 5.41) is 3.27. The standard InChI is InChI=1S/C14H26N2O/c1-3-13-7-5-4-6-8-16(13)14(17)11(2)12-9-15-10-12/h11-13,15H,3-10H2,1-2H3. The van der Waals surface area contributed by atoms with Crippen LogP contribution in [-0.4, -0.2) is 36.5 Å². The molecule has 0 spiro atoms. The van der Waals surface area contributed by atoms with Crippen LogP contribution in [0, 0.1) is 11.8 Å². The zero-order valence-corrected chi connectivity index (χ0v) is 11.2. The number of hydrogen-bond donors (Lipinski definition) is 1. The Morgan fingerprint density at radius 3 is 2.71 bits per heavy atom. The minimum Gasteiger partial charge on any atom is -0.339 e. The molecule has 3 nitrogen and oxygen atoms in total. The van der Waals surface area contributed by atoms with Crippen molar-refractivity contribution in [3.05, 3.63) is 0 Å². The van der Waals surface area contributed by atoms with Gasteiger partial charge in [-0.3, -0.25) is 4.79 Å². The van der Waals surface area contributed by atoms with Crippen LogP contribution in [0.3, 0.4) is 0 Å². The van der Waals surface area contributed by atoms with E-state index < -0.39 is 0 Å². The molecule has 0 bridgehead atoms. The summed E-state index contributed by atoms with van der Waals surface area (Å²) in [5.74, 6) is 1.19. The number of hydrogen-bond acceptors (Lipinski definition) is 2. The topological polar surface area (TPSA) is 32.3 Å². The Hall–Kier alpha value is -0.570. The predicted octanol–water partition coefficient (Wildman–Crippen LogP) is 2.02. The van der Waals surface area contributed by atoms with E-state index in [9.17, 15) is 4.79 Å². The number of likely N-dealkylation sites (tertiary alicyclic amines) is 1. The molecule has 2 atom stereocenters. The van der Waals surface area contributed by atoms with Crippen molar-refractivity contribution in [3.8, 4) is 0 Å². The molecule has 0 aromatic rings. The fourth-order valence-corrected chi connectivity index (χ4v) is 3.02. The highest BCUT2D eigenvalue weighted by atomic mass is 16.2. The van der Waals surface area contributed by atoms with Gasteiger partial charge in [-0.1, -0.05) is 26.7 Å². The maximum atomic E-state index is 12.6. The Balaban J connectivity index is 1.98. The lowest BCUT2D eigenvalue weighted by Crippen LogP contribution is -2.52. The molecule has 1 amide bonds. The van der Waals surface area contributed by atoms with Gasteiger partial charge < -0.3 is 10.2 Å². The summed E-state index contributed by atoms with van der Waals surface area (Å²) in [6, 6.07) is 0.500. The Labute approximate surface area is 105 Å². The SMILES string of the molecule is CCC1CCCCCN1C(=O)C(C)C1CNC1. The number of nitrogens with zero attached hydrogens (tertiary/aromatic N) is 1. The quantitative estimate of drug-likeness (QED) is 0.816. The van der Waals surface area contributed by atoms with Crippen molar-refractivity contribution in [2.75, 3.05) is 19.6 Å². The van der Waals surface area contributed by atoms with Gasteiger partial charge in [0.25, 0.3) is 0 Å². The highest BCUT2D eigenvalue weighted by molar-refractivity contribution is 5.79. The van der Waals surface area contributed by atoms with E-state index in [0.29, 0.717) is 17.9 Å². The highest BCUT2D eigenvalue weighted by Gasteiger charge is 2.34. The number of nitrogens with one attached hydrogen (secondary N) is 1. The number of rotatable bonds is 3. The molecule has 2 aliphatic heterocycles. The lowest BCUT2D eigenvalue weighted by molar-refractivity contribution is -0.139. The van der Waals surface area contributed by atoms with Crippen LogP contribution in [-0.2, 0) is 4.79 Å². The molecule has 0 saturated carbocycles. The van der Waals surface area contributed by atoms with Gasteiger partial charge in [0, 0.05) is 18.5 Å². The second kappa shape index (κ2) is 5.85. The van der Waals surface area contributed by atoms with Gasteiger partial charge in [-0.05, 0) is 38.3 Å². The summed E-state index contributed by atoms with van der Waals surface area (Å²) < 4.78 is 0. The minimum absolute atomic E-state index is 0.211. The normalized spacial score (nSPS) is 28.4. The third kappa shape index (κ3) is 2.82. The molecule has 2 aliphatic rings. The van der Waals surface area contributed by atoms with Crippen molar-refractivity contribution in [3.63, 3.8) is 0 Å². The molecule has 3 heteroatoms. The summed E-state index contributed by atoms with van der Waals surface area (Å²) in [7, 11) is 0. The molecule has 2 unspecified atom stereocenters. The molecule has 2 fully saturated rings. The van der Waals surface area contributed by atoms with Crippen LogP contribution in [0.25, 0.3) is 0 Å². The summed E-state index contributed by atoms with van der Waals surface area (Å²) in [5.41, 5.74) is 0. The second-order valence-corrected chi connectivity index (χ2v) is 5.65. The summed E-state index contributed by atoms with van der Waals surface area (Å²) in [6.45, 7) is 7.37. The van der Waals surface area contributed by atoms with Crippen molar-refractivity contribution >= 4 is 5.91 Å². The molecule has 0 radical (unpaired) electrons. The monoisotopic (exact) mass is 238 g/mol. The molecule has 2 saturated heterocycles. The summed E-state index contributed by atoms with van der Waals surface area (Å²) in [6.07, 6.45) is 6.10. The lowest BCUT2D eigenvalue weighted by Gasteiger charge is -2.37.